The molecule has 318 valence electrons. The highest BCUT2D eigenvalue weighted by Crippen LogP contribution is 2.63. The topological polar surface area (TPSA) is 181 Å². The van der Waals surface area contributed by atoms with E-state index in [9.17, 15) is 34.2 Å². The smallest absolute Gasteiger partial charge is 0.479 e. The standard InChI is InChI=1S/C38H32Cl4I4O13/c1-3-5-7-9-11-19(33(47)48)54-36(52)57-31-17(43)13-15-29(27(31)45)56-30-16(38(15)22-21(35(51)59-38)23(39)25(41)26(42)24(22)40)14-18(44)32(28(30)46)58-37(53)55-20(34(49)50)12-10-8-6-4-2/h13-14,19-20H,3-12H2,1-2H3,(H,47,48)(H,49,50). The molecule has 0 saturated heterocycles. The van der Waals surface area contributed by atoms with E-state index in [1.807, 2.05) is 104 Å². The second-order valence-electron chi connectivity index (χ2n) is 13.2. The molecule has 0 aromatic heterocycles. The lowest BCUT2D eigenvalue weighted by Crippen LogP contribution is -2.35. The number of hydrogen-bond acceptors (Lipinski definition) is 11. The zero-order chi connectivity index (χ0) is 43.5. The number of carboxylic acids is 2. The number of aliphatic carboxylic acids is 2. The molecule has 0 radical (unpaired) electrons. The molecule has 3 aromatic rings. The minimum atomic E-state index is -1.96. The highest BCUT2D eigenvalue weighted by molar-refractivity contribution is 14.1. The van der Waals surface area contributed by atoms with Crippen molar-refractivity contribution in [2.75, 3.05) is 0 Å². The van der Waals surface area contributed by atoms with Gasteiger partial charge in [-0.3, -0.25) is 0 Å². The minimum Gasteiger partial charge on any atom is -0.479 e. The quantitative estimate of drug-likeness (QED) is 0.0263. The van der Waals surface area contributed by atoms with Crippen LogP contribution < -0.4 is 14.2 Å². The number of hydrogen-bond donors (Lipinski definition) is 2. The van der Waals surface area contributed by atoms with E-state index in [-0.39, 0.29) is 92.5 Å². The molecule has 0 aliphatic carbocycles. The van der Waals surface area contributed by atoms with Gasteiger partial charge in [0.05, 0.1) is 43.9 Å². The Labute approximate surface area is 412 Å². The van der Waals surface area contributed by atoms with Gasteiger partial charge in [0.1, 0.15) is 7.14 Å². The molecule has 2 aliphatic rings. The number of fused-ring (bicyclic) bond motifs is 6. The molecule has 0 amide bonds. The summed E-state index contributed by atoms with van der Waals surface area (Å²) in [5.41, 5.74) is -1.73. The van der Waals surface area contributed by atoms with Crippen molar-refractivity contribution in [2.24, 2.45) is 0 Å². The van der Waals surface area contributed by atoms with Gasteiger partial charge >= 0.3 is 30.2 Å². The number of rotatable bonds is 16. The van der Waals surface area contributed by atoms with Gasteiger partial charge in [0.25, 0.3) is 0 Å². The van der Waals surface area contributed by atoms with E-state index in [4.69, 9.17) is 74.8 Å². The molecule has 0 bridgehead atoms. The molecular weight excluding hydrogens is 1310 g/mol. The lowest BCUT2D eigenvalue weighted by Gasteiger charge is -2.38. The maximum Gasteiger partial charge on any atom is 0.514 e. The van der Waals surface area contributed by atoms with Crippen LogP contribution in [0.25, 0.3) is 0 Å². The van der Waals surface area contributed by atoms with Crippen molar-refractivity contribution in [1.29, 1.82) is 0 Å². The summed E-state index contributed by atoms with van der Waals surface area (Å²) in [6.07, 6.45) is 0.866. The van der Waals surface area contributed by atoms with E-state index in [0.717, 1.165) is 38.5 Å². The Morgan fingerprint density at radius 2 is 1.10 bits per heavy atom. The van der Waals surface area contributed by atoms with Crippen LogP contribution in [-0.2, 0) is 29.4 Å². The van der Waals surface area contributed by atoms with Crippen LogP contribution >= 0.6 is 137 Å². The number of carboxylic acid groups (broad SMARTS) is 2. The number of unbranched alkanes of at least 4 members (excludes halogenated alkanes) is 6. The van der Waals surface area contributed by atoms with E-state index < -0.39 is 48.0 Å². The predicted octanol–water partition coefficient (Wildman–Crippen LogP) is 13.2. The molecule has 3 aromatic carbocycles. The van der Waals surface area contributed by atoms with Crippen LogP contribution in [0.15, 0.2) is 12.1 Å². The monoisotopic (exact) mass is 1340 g/mol. The molecular formula is C38H32Cl4I4O13. The molecule has 2 unspecified atom stereocenters. The van der Waals surface area contributed by atoms with Gasteiger partial charge in [0.15, 0.2) is 28.6 Å². The van der Waals surface area contributed by atoms with Crippen molar-refractivity contribution in [3.05, 3.63) is 68.8 Å². The van der Waals surface area contributed by atoms with Crippen LogP contribution in [-0.4, -0.2) is 52.6 Å². The fourth-order valence-corrected chi connectivity index (χ4v) is 11.6. The second-order valence-corrected chi connectivity index (χ2v) is 19.2. The zero-order valence-electron chi connectivity index (χ0n) is 30.8. The Hall–Kier alpha value is -1.51. The summed E-state index contributed by atoms with van der Waals surface area (Å²) in [5, 5.41) is 18.7. The van der Waals surface area contributed by atoms with Crippen LogP contribution in [0.2, 0.25) is 20.1 Å². The Morgan fingerprint density at radius 3 is 1.51 bits per heavy atom. The number of halogens is 8. The first-order valence-electron chi connectivity index (χ1n) is 18.0. The number of carbonyl (C=O) groups is 5. The van der Waals surface area contributed by atoms with Crippen molar-refractivity contribution in [3.63, 3.8) is 0 Å². The Morgan fingerprint density at radius 1 is 0.678 bits per heavy atom. The van der Waals surface area contributed by atoms with Gasteiger partial charge in [-0.1, -0.05) is 98.8 Å². The molecule has 2 atom stereocenters. The zero-order valence-corrected chi connectivity index (χ0v) is 42.4. The first-order valence-corrected chi connectivity index (χ1v) is 23.8. The largest absolute Gasteiger partial charge is 0.514 e. The summed E-state index contributed by atoms with van der Waals surface area (Å²) in [4.78, 5) is 64.1. The third-order valence-corrected chi connectivity index (χ3v) is 14.7. The summed E-state index contributed by atoms with van der Waals surface area (Å²) in [6.45, 7) is 4.02. The van der Waals surface area contributed by atoms with Crippen molar-refractivity contribution < 1.29 is 62.6 Å². The van der Waals surface area contributed by atoms with Gasteiger partial charge in [-0.15, -0.1) is 0 Å². The fourth-order valence-electron chi connectivity index (χ4n) is 6.52. The van der Waals surface area contributed by atoms with Crippen LogP contribution in [0.1, 0.15) is 105 Å². The molecule has 59 heavy (non-hydrogen) atoms. The Balaban J connectivity index is 1.64. The lowest BCUT2D eigenvalue weighted by molar-refractivity contribution is -0.148. The molecule has 2 heterocycles. The normalized spacial score (nSPS) is 15.9. The van der Waals surface area contributed by atoms with Crippen LogP contribution in [0.4, 0.5) is 9.59 Å². The first-order chi connectivity index (χ1) is 27.9. The van der Waals surface area contributed by atoms with Gasteiger partial charge in [-0.2, -0.15) is 0 Å². The second kappa shape index (κ2) is 20.8. The first kappa shape index (κ1) is 48.5. The van der Waals surface area contributed by atoms with E-state index in [2.05, 4.69) is 0 Å². The number of esters is 1. The molecule has 2 aliphatic heterocycles. The van der Waals surface area contributed by atoms with E-state index in [1.54, 1.807) is 0 Å². The molecule has 13 nitrogen and oxygen atoms in total. The Kier molecular flexibility index (Phi) is 17.1. The molecule has 5 rings (SSSR count). The lowest BCUT2D eigenvalue weighted by atomic mass is 9.77. The van der Waals surface area contributed by atoms with Gasteiger partial charge in [-0.25, -0.2) is 24.0 Å². The molecule has 0 fully saturated rings. The van der Waals surface area contributed by atoms with Gasteiger partial charge in [-0.05, 0) is 128 Å². The predicted molar refractivity (Wildman–Crippen MR) is 250 cm³/mol. The third-order valence-electron chi connectivity index (χ3n) is 9.33. The number of ether oxygens (including phenoxy) is 6. The minimum absolute atomic E-state index is 0.0137. The maximum atomic E-state index is 13.9. The van der Waals surface area contributed by atoms with Crippen LogP contribution in [0, 0.1) is 14.3 Å². The van der Waals surface area contributed by atoms with E-state index in [0.29, 0.717) is 12.8 Å². The summed E-state index contributed by atoms with van der Waals surface area (Å²) in [7, 11) is 0. The average Bonchev–Trinajstić information content (AvgIpc) is 3.49. The number of benzene rings is 3. The molecule has 0 saturated carbocycles. The Bertz CT molecular complexity index is 2110. The summed E-state index contributed by atoms with van der Waals surface area (Å²) >= 11 is 34.1. The summed E-state index contributed by atoms with van der Waals surface area (Å²) in [6, 6.07) is 3.04. The van der Waals surface area contributed by atoms with Crippen molar-refractivity contribution in [3.8, 4) is 23.0 Å². The van der Waals surface area contributed by atoms with Crippen LogP contribution in [0.3, 0.4) is 0 Å². The van der Waals surface area contributed by atoms with E-state index in [1.165, 1.54) is 12.1 Å². The van der Waals surface area contributed by atoms with E-state index >= 15 is 0 Å². The van der Waals surface area contributed by atoms with Crippen molar-refractivity contribution in [2.45, 2.75) is 95.9 Å². The van der Waals surface area contributed by atoms with Crippen LogP contribution in [0.5, 0.6) is 23.0 Å². The third kappa shape index (κ3) is 10.0. The van der Waals surface area contributed by atoms with Gasteiger partial charge in [0, 0.05) is 5.56 Å². The highest BCUT2D eigenvalue weighted by Gasteiger charge is 2.58. The molecule has 1 spiro atoms. The summed E-state index contributed by atoms with van der Waals surface area (Å²) < 4.78 is 35.4. The summed E-state index contributed by atoms with van der Waals surface area (Å²) in [5.74, 6) is -3.76. The SMILES string of the molecule is CCCCCCC(OC(=O)Oc1c(I)cc2c(c1I)Oc1c(cc(I)c(OC(=O)OC(CCCCCC)C(=O)O)c1I)C21OC(=O)c2c(Cl)c(Cl)c(Cl)c(Cl)c21)C(=O)O. The highest BCUT2D eigenvalue weighted by atomic mass is 127. The molecule has 2 N–H and O–H groups in total. The van der Waals surface area contributed by atoms with Gasteiger partial charge in [0.2, 0.25) is 12.2 Å². The molecule has 21 heteroatoms. The average molecular weight is 1350 g/mol. The van der Waals surface area contributed by atoms with Crippen molar-refractivity contribution >= 4 is 167 Å². The van der Waals surface area contributed by atoms with Crippen molar-refractivity contribution in [1.82, 2.24) is 0 Å². The number of carbonyl (C=O) groups excluding carboxylic acids is 3. The fraction of sp³-hybridized carbons (Fsp3) is 0.395. The maximum absolute atomic E-state index is 13.9. The van der Waals surface area contributed by atoms with Gasteiger partial charge < -0.3 is 38.6 Å².